The highest BCUT2D eigenvalue weighted by Crippen LogP contribution is 2.27. The lowest BCUT2D eigenvalue weighted by atomic mass is 9.99. The van der Waals surface area contributed by atoms with Crippen LogP contribution in [0.1, 0.15) is 27.2 Å². The summed E-state index contributed by atoms with van der Waals surface area (Å²) in [6.45, 7) is 3.25. The summed E-state index contributed by atoms with van der Waals surface area (Å²) in [7, 11) is -4.24. The number of aryl methyl sites for hydroxylation is 1. The van der Waals surface area contributed by atoms with Gasteiger partial charge in [0.15, 0.2) is 0 Å². The summed E-state index contributed by atoms with van der Waals surface area (Å²) in [5.41, 5.74) is 1.13. The molecule has 0 spiro atoms. The van der Waals surface area contributed by atoms with Gasteiger partial charge < -0.3 is 4.74 Å². The van der Waals surface area contributed by atoms with Crippen LogP contribution in [0.15, 0.2) is 65.7 Å². The molecule has 0 atom stereocenters. The predicted molar refractivity (Wildman–Crippen MR) is 107 cm³/mol. The minimum atomic E-state index is -4.90. The van der Waals surface area contributed by atoms with E-state index in [9.17, 15) is 31.6 Å². The Labute approximate surface area is 181 Å². The van der Waals surface area contributed by atoms with Gasteiger partial charge in [-0.25, -0.2) is 8.42 Å². The van der Waals surface area contributed by atoms with Crippen LogP contribution in [0.4, 0.5) is 18.9 Å². The Balaban J connectivity index is 1.95. The van der Waals surface area contributed by atoms with Crippen molar-refractivity contribution in [2.45, 2.75) is 25.1 Å². The molecule has 0 saturated carbocycles. The van der Waals surface area contributed by atoms with Gasteiger partial charge in [-0.3, -0.25) is 14.7 Å². The Morgan fingerprint density at radius 1 is 1.03 bits per heavy atom. The predicted octanol–water partition coefficient (Wildman–Crippen LogP) is 3.76. The molecule has 0 radical (unpaired) electrons. The second-order valence-corrected chi connectivity index (χ2v) is 8.54. The highest BCUT2D eigenvalue weighted by Gasteiger charge is 2.31. The molecule has 7 nitrogen and oxygen atoms in total. The molecule has 0 unspecified atom stereocenters. The third kappa shape index (κ3) is 5.17. The van der Waals surface area contributed by atoms with Gasteiger partial charge >= 0.3 is 6.36 Å². The second-order valence-electron chi connectivity index (χ2n) is 6.85. The van der Waals surface area contributed by atoms with E-state index in [0.29, 0.717) is 5.56 Å². The molecule has 1 heterocycles. The number of nitrogens with one attached hydrogen (secondary N) is 1. The molecule has 0 fully saturated rings. The summed E-state index contributed by atoms with van der Waals surface area (Å²) in [5.74, 6) is -1.10. The molecule has 168 valence electrons. The fourth-order valence-electron chi connectivity index (χ4n) is 2.92. The Hall–Kier alpha value is -3.60. The maximum atomic E-state index is 13.1. The number of hydrogen-bond acceptors (Lipinski definition) is 5. The molecule has 2 N–H and O–H groups in total. The van der Waals surface area contributed by atoms with Crippen LogP contribution in [0, 0.1) is 13.8 Å². The molecule has 0 aliphatic rings. The van der Waals surface area contributed by atoms with Gasteiger partial charge in [0.1, 0.15) is 5.75 Å². The number of rotatable bonds is 6. The van der Waals surface area contributed by atoms with Crippen LogP contribution in [0.2, 0.25) is 0 Å². The Bertz CT molecular complexity index is 1270. The van der Waals surface area contributed by atoms with E-state index in [4.69, 9.17) is 0 Å². The number of ether oxygens (including phenoxy) is 1. The molecule has 3 aromatic rings. The summed E-state index contributed by atoms with van der Waals surface area (Å²) in [4.78, 5) is 12.8. The highest BCUT2D eigenvalue weighted by molar-refractivity contribution is 7.92. The largest absolute Gasteiger partial charge is 0.573 e. The fraction of sp³-hybridized carbons (Fsp3) is 0.143. The van der Waals surface area contributed by atoms with E-state index in [1.54, 1.807) is 13.0 Å². The van der Waals surface area contributed by atoms with Crippen molar-refractivity contribution in [3.63, 3.8) is 0 Å². The number of benzene rings is 2. The zero-order valence-corrected chi connectivity index (χ0v) is 17.7. The lowest BCUT2D eigenvalue weighted by Gasteiger charge is -2.14. The number of ketones is 1. The molecule has 32 heavy (non-hydrogen) atoms. The Kier molecular flexibility index (Phi) is 6.13. The van der Waals surface area contributed by atoms with Crippen molar-refractivity contribution in [1.29, 1.82) is 0 Å². The van der Waals surface area contributed by atoms with Gasteiger partial charge in [-0.05, 0) is 49.4 Å². The molecular weight excluding hydrogens is 449 g/mol. The minimum absolute atomic E-state index is 0.0241. The van der Waals surface area contributed by atoms with Crippen LogP contribution in [0.3, 0.4) is 0 Å². The molecule has 0 aliphatic heterocycles. The number of hydrogen-bond donors (Lipinski definition) is 2. The molecule has 0 saturated heterocycles. The van der Waals surface area contributed by atoms with E-state index in [2.05, 4.69) is 9.46 Å². The van der Waals surface area contributed by atoms with Gasteiger partial charge in [-0.2, -0.15) is 0 Å². The molecule has 2 aromatic carbocycles. The van der Waals surface area contributed by atoms with Crippen LogP contribution in [0.25, 0.3) is 0 Å². The second kappa shape index (κ2) is 8.50. The maximum Gasteiger partial charge on any atom is 0.573 e. The van der Waals surface area contributed by atoms with E-state index in [-0.39, 0.29) is 27.4 Å². The van der Waals surface area contributed by atoms with Crippen LogP contribution in [-0.4, -0.2) is 25.8 Å². The van der Waals surface area contributed by atoms with Crippen molar-refractivity contribution in [1.82, 2.24) is 0 Å². The average Bonchev–Trinajstić information content (AvgIpc) is 2.70. The lowest BCUT2D eigenvalue weighted by molar-refractivity contribution is -0.908. The molecule has 0 bridgehead atoms. The van der Waals surface area contributed by atoms with Crippen molar-refractivity contribution in [3.05, 3.63) is 83.2 Å². The number of pyridine rings is 1. The highest BCUT2D eigenvalue weighted by atomic mass is 32.2. The smallest absolute Gasteiger partial charge is 0.406 e. The summed E-state index contributed by atoms with van der Waals surface area (Å²) in [6.07, 6.45) is -3.56. The molecule has 3 rings (SSSR count). The van der Waals surface area contributed by atoms with Gasteiger partial charge in [-0.15, -0.1) is 13.2 Å². The first kappa shape index (κ1) is 23.1. The van der Waals surface area contributed by atoms with Crippen LogP contribution < -0.4 is 14.2 Å². The summed E-state index contributed by atoms with van der Waals surface area (Å²) in [6, 6.07) is 11.1. The first-order valence-electron chi connectivity index (χ1n) is 9.12. The van der Waals surface area contributed by atoms with E-state index >= 15 is 0 Å². The van der Waals surface area contributed by atoms with Gasteiger partial charge in [0, 0.05) is 23.3 Å². The van der Waals surface area contributed by atoms with Crippen molar-refractivity contribution >= 4 is 21.5 Å². The topological polar surface area (TPSA) is 96.6 Å². The van der Waals surface area contributed by atoms with Crippen LogP contribution in [0.5, 0.6) is 5.75 Å². The van der Waals surface area contributed by atoms with Crippen molar-refractivity contribution in [2.24, 2.45) is 0 Å². The minimum Gasteiger partial charge on any atom is -0.406 e. The standard InChI is InChI=1S/C21H17F3N2O5S/c1-13-5-10-19(18(12-13)20(27)17-4-3-11-26(28)14(17)2)25-32(29,30)16-8-6-15(7-9-16)31-21(22,23)24/h3-12H,1-2H3,(H-,25,27,28)/p+1. The number of aromatic nitrogens is 1. The van der Waals surface area contributed by atoms with Crippen LogP contribution in [-0.2, 0) is 10.0 Å². The van der Waals surface area contributed by atoms with Gasteiger partial charge in [0.25, 0.3) is 10.0 Å². The Morgan fingerprint density at radius 2 is 1.69 bits per heavy atom. The number of sulfonamides is 1. The maximum absolute atomic E-state index is 13.1. The molecular formula is C21H18F3N2O5S+. The summed E-state index contributed by atoms with van der Waals surface area (Å²) in [5, 5.41) is 9.82. The van der Waals surface area contributed by atoms with E-state index in [1.807, 2.05) is 0 Å². The monoisotopic (exact) mass is 467 g/mol. The number of halogens is 3. The summed E-state index contributed by atoms with van der Waals surface area (Å²) >= 11 is 0. The molecule has 0 aliphatic carbocycles. The number of carbonyl (C=O) groups excluding carboxylic acids is 1. The van der Waals surface area contributed by atoms with Crippen LogP contribution >= 0.6 is 0 Å². The number of alkyl halides is 3. The lowest BCUT2D eigenvalue weighted by Crippen LogP contribution is -2.35. The van der Waals surface area contributed by atoms with Crippen molar-refractivity contribution in [3.8, 4) is 5.75 Å². The fourth-order valence-corrected chi connectivity index (χ4v) is 4.00. The SMILES string of the molecule is Cc1ccc(NS(=O)(=O)c2ccc(OC(F)(F)F)cc2)c(C(=O)c2ccc[n+](O)c2C)c1. The molecule has 1 aromatic heterocycles. The van der Waals surface area contributed by atoms with E-state index in [0.717, 1.165) is 29.0 Å². The number of nitrogens with zero attached hydrogens (tertiary/aromatic N) is 1. The molecule has 0 amide bonds. The van der Waals surface area contributed by atoms with Gasteiger partial charge in [-0.1, -0.05) is 11.6 Å². The zero-order chi connectivity index (χ0) is 23.7. The van der Waals surface area contributed by atoms with E-state index < -0.39 is 27.9 Å². The zero-order valence-electron chi connectivity index (χ0n) is 16.8. The summed E-state index contributed by atoms with van der Waals surface area (Å²) < 4.78 is 69.3. The van der Waals surface area contributed by atoms with Gasteiger partial charge in [0.05, 0.1) is 16.1 Å². The normalized spacial score (nSPS) is 11.8. The average molecular weight is 467 g/mol. The van der Waals surface area contributed by atoms with Crippen molar-refractivity contribution in [2.75, 3.05) is 4.72 Å². The van der Waals surface area contributed by atoms with Gasteiger partial charge in [0.2, 0.25) is 17.7 Å². The number of carbonyl (C=O) groups is 1. The van der Waals surface area contributed by atoms with E-state index in [1.165, 1.54) is 37.4 Å². The Morgan fingerprint density at radius 3 is 2.31 bits per heavy atom. The first-order valence-corrected chi connectivity index (χ1v) is 10.6. The molecule has 11 heteroatoms. The third-order valence-electron chi connectivity index (χ3n) is 4.50. The van der Waals surface area contributed by atoms with Crippen molar-refractivity contribution < 1.29 is 41.1 Å². The number of anilines is 1. The first-order chi connectivity index (χ1) is 14.9. The quantitative estimate of drug-likeness (QED) is 0.327. The third-order valence-corrected chi connectivity index (χ3v) is 5.88.